The SMILES string of the molecule is Fc1cccc(Nc2cc(-c3cccnc3)nc([C@H]3CCCN(Cc4cccnc4)C3)n2)c1. The van der Waals surface area contributed by atoms with Crippen LogP contribution in [0, 0.1) is 5.82 Å². The van der Waals surface area contributed by atoms with Crippen molar-refractivity contribution in [3.63, 3.8) is 0 Å². The van der Waals surface area contributed by atoms with Crippen LogP contribution in [0.4, 0.5) is 15.9 Å². The van der Waals surface area contributed by atoms with Gasteiger partial charge in [0.25, 0.3) is 0 Å². The quantitative estimate of drug-likeness (QED) is 0.445. The molecule has 4 heterocycles. The zero-order valence-corrected chi connectivity index (χ0v) is 18.2. The molecule has 0 bridgehead atoms. The van der Waals surface area contributed by atoms with Gasteiger partial charge in [0.15, 0.2) is 0 Å². The number of piperidine rings is 1. The smallest absolute Gasteiger partial charge is 0.135 e. The molecule has 33 heavy (non-hydrogen) atoms. The number of nitrogens with one attached hydrogen (secondary N) is 1. The molecule has 1 aromatic carbocycles. The summed E-state index contributed by atoms with van der Waals surface area (Å²) in [5, 5.41) is 3.25. The van der Waals surface area contributed by atoms with Crippen molar-refractivity contribution >= 4 is 11.5 Å². The minimum atomic E-state index is -0.292. The van der Waals surface area contributed by atoms with E-state index in [4.69, 9.17) is 9.97 Å². The average molecular weight is 441 g/mol. The Morgan fingerprint density at radius 1 is 0.970 bits per heavy atom. The lowest BCUT2D eigenvalue weighted by atomic mass is 9.96. The summed E-state index contributed by atoms with van der Waals surface area (Å²) >= 11 is 0. The Hall–Kier alpha value is -3.71. The van der Waals surface area contributed by atoms with E-state index in [9.17, 15) is 4.39 Å². The van der Waals surface area contributed by atoms with Gasteiger partial charge < -0.3 is 5.32 Å². The molecular weight excluding hydrogens is 415 g/mol. The number of hydrogen-bond acceptors (Lipinski definition) is 6. The van der Waals surface area contributed by atoms with E-state index in [2.05, 4.69) is 26.3 Å². The van der Waals surface area contributed by atoms with Crippen molar-refractivity contribution in [2.24, 2.45) is 0 Å². The lowest BCUT2D eigenvalue weighted by molar-refractivity contribution is 0.196. The standard InChI is InChI=1S/C26H25FN6/c27-22-8-1-9-23(13-22)30-25-14-24(20-6-3-11-29-16-20)31-26(32-25)21-7-4-12-33(18-21)17-19-5-2-10-28-15-19/h1-3,5-6,8-11,13-16,21H,4,7,12,17-18H2,(H,30,31,32)/t21-/m0/s1. The number of benzene rings is 1. The van der Waals surface area contributed by atoms with Gasteiger partial charge in [0.1, 0.15) is 17.5 Å². The molecule has 0 aliphatic carbocycles. The van der Waals surface area contributed by atoms with E-state index >= 15 is 0 Å². The van der Waals surface area contributed by atoms with E-state index in [0.29, 0.717) is 11.5 Å². The maximum atomic E-state index is 13.7. The molecule has 1 aliphatic heterocycles. The molecular formula is C26H25FN6. The van der Waals surface area contributed by atoms with Gasteiger partial charge in [-0.3, -0.25) is 14.9 Å². The third-order valence-corrected chi connectivity index (χ3v) is 5.80. The normalized spacial score (nSPS) is 16.5. The summed E-state index contributed by atoms with van der Waals surface area (Å²) in [6.45, 7) is 2.79. The average Bonchev–Trinajstić information content (AvgIpc) is 2.85. The summed E-state index contributed by atoms with van der Waals surface area (Å²) in [7, 11) is 0. The Morgan fingerprint density at radius 3 is 2.64 bits per heavy atom. The lowest BCUT2D eigenvalue weighted by Crippen LogP contribution is -2.34. The molecule has 7 heteroatoms. The molecule has 6 nitrogen and oxygen atoms in total. The highest BCUT2D eigenvalue weighted by Crippen LogP contribution is 2.29. The van der Waals surface area contributed by atoms with Crippen molar-refractivity contribution in [1.82, 2.24) is 24.8 Å². The van der Waals surface area contributed by atoms with Crippen LogP contribution < -0.4 is 5.32 Å². The van der Waals surface area contributed by atoms with Crippen LogP contribution in [0.5, 0.6) is 0 Å². The highest BCUT2D eigenvalue weighted by atomic mass is 19.1. The summed E-state index contributed by atoms with van der Waals surface area (Å²) in [4.78, 5) is 20.7. The van der Waals surface area contributed by atoms with Crippen LogP contribution in [0.25, 0.3) is 11.3 Å². The molecule has 4 aromatic rings. The van der Waals surface area contributed by atoms with Gasteiger partial charge in [-0.05, 0) is 61.3 Å². The second-order valence-corrected chi connectivity index (χ2v) is 8.31. The van der Waals surface area contributed by atoms with E-state index in [0.717, 1.165) is 49.6 Å². The van der Waals surface area contributed by atoms with Gasteiger partial charge in [-0.2, -0.15) is 0 Å². The Bertz CT molecular complexity index is 1200. The Kier molecular flexibility index (Phi) is 6.30. The molecule has 1 saturated heterocycles. The van der Waals surface area contributed by atoms with E-state index < -0.39 is 0 Å². The monoisotopic (exact) mass is 440 g/mol. The first kappa shape index (κ1) is 21.2. The summed E-state index contributed by atoms with van der Waals surface area (Å²) in [6.07, 6.45) is 9.37. The van der Waals surface area contributed by atoms with Crippen LogP contribution >= 0.6 is 0 Å². The third kappa shape index (κ3) is 5.38. The molecule has 5 rings (SSSR count). The summed E-state index contributed by atoms with van der Waals surface area (Å²) in [6, 6.07) is 16.2. The zero-order valence-electron chi connectivity index (χ0n) is 18.2. The van der Waals surface area contributed by atoms with Crippen LogP contribution in [0.3, 0.4) is 0 Å². The zero-order chi connectivity index (χ0) is 22.5. The number of pyridine rings is 2. The van der Waals surface area contributed by atoms with E-state index in [1.807, 2.05) is 36.5 Å². The second-order valence-electron chi connectivity index (χ2n) is 8.31. The first-order chi connectivity index (χ1) is 16.2. The van der Waals surface area contributed by atoms with Crippen molar-refractivity contribution in [2.45, 2.75) is 25.3 Å². The molecule has 1 N–H and O–H groups in total. The molecule has 0 saturated carbocycles. The molecule has 0 unspecified atom stereocenters. The first-order valence-corrected chi connectivity index (χ1v) is 11.2. The highest BCUT2D eigenvalue weighted by molar-refractivity contribution is 5.65. The van der Waals surface area contributed by atoms with Gasteiger partial charge in [0.2, 0.25) is 0 Å². The largest absolute Gasteiger partial charge is 0.340 e. The number of hydrogen-bond donors (Lipinski definition) is 1. The van der Waals surface area contributed by atoms with Crippen molar-refractivity contribution in [3.8, 4) is 11.3 Å². The molecule has 0 spiro atoms. The number of anilines is 2. The second kappa shape index (κ2) is 9.83. The molecule has 3 aromatic heterocycles. The van der Waals surface area contributed by atoms with Gasteiger partial charge in [0, 0.05) is 61.1 Å². The third-order valence-electron chi connectivity index (χ3n) is 5.80. The number of rotatable bonds is 6. The number of aromatic nitrogens is 4. The summed E-state index contributed by atoms with van der Waals surface area (Å²) < 4.78 is 13.7. The molecule has 166 valence electrons. The van der Waals surface area contributed by atoms with E-state index in [1.54, 1.807) is 24.7 Å². The fourth-order valence-electron chi connectivity index (χ4n) is 4.25. The fourth-order valence-corrected chi connectivity index (χ4v) is 4.25. The lowest BCUT2D eigenvalue weighted by Gasteiger charge is -2.32. The molecule has 0 radical (unpaired) electrons. The van der Waals surface area contributed by atoms with Gasteiger partial charge in [-0.1, -0.05) is 12.1 Å². The number of likely N-dealkylation sites (tertiary alicyclic amines) is 1. The highest BCUT2D eigenvalue weighted by Gasteiger charge is 2.25. The summed E-state index contributed by atoms with van der Waals surface area (Å²) in [5.41, 5.74) is 3.58. The van der Waals surface area contributed by atoms with Gasteiger partial charge >= 0.3 is 0 Å². The van der Waals surface area contributed by atoms with Gasteiger partial charge in [-0.25, -0.2) is 14.4 Å². The van der Waals surface area contributed by atoms with Crippen LogP contribution in [-0.4, -0.2) is 37.9 Å². The van der Waals surface area contributed by atoms with Crippen molar-refractivity contribution < 1.29 is 4.39 Å². The van der Waals surface area contributed by atoms with E-state index in [1.165, 1.54) is 17.7 Å². The van der Waals surface area contributed by atoms with Crippen LogP contribution in [0.2, 0.25) is 0 Å². The Balaban J connectivity index is 1.44. The predicted molar refractivity (Wildman–Crippen MR) is 126 cm³/mol. The molecule has 1 fully saturated rings. The number of halogens is 1. The van der Waals surface area contributed by atoms with E-state index in [-0.39, 0.29) is 11.7 Å². The maximum Gasteiger partial charge on any atom is 0.135 e. The first-order valence-electron chi connectivity index (χ1n) is 11.2. The van der Waals surface area contributed by atoms with Gasteiger partial charge in [0.05, 0.1) is 5.69 Å². The molecule has 0 amide bonds. The van der Waals surface area contributed by atoms with Crippen LogP contribution in [-0.2, 0) is 6.54 Å². The Labute approximate surface area is 192 Å². The predicted octanol–water partition coefficient (Wildman–Crippen LogP) is 5.20. The summed E-state index contributed by atoms with van der Waals surface area (Å²) in [5.74, 6) is 1.36. The minimum absolute atomic E-state index is 0.208. The number of nitrogens with zero attached hydrogens (tertiary/aromatic N) is 5. The van der Waals surface area contributed by atoms with Crippen molar-refractivity contribution in [1.29, 1.82) is 0 Å². The van der Waals surface area contributed by atoms with Gasteiger partial charge in [-0.15, -0.1) is 0 Å². The van der Waals surface area contributed by atoms with Crippen LogP contribution in [0.1, 0.15) is 30.1 Å². The molecule has 1 aliphatic rings. The van der Waals surface area contributed by atoms with Crippen molar-refractivity contribution in [3.05, 3.63) is 96.6 Å². The molecule has 1 atom stereocenters. The topological polar surface area (TPSA) is 66.8 Å². The maximum absolute atomic E-state index is 13.7. The minimum Gasteiger partial charge on any atom is -0.340 e. The Morgan fingerprint density at radius 2 is 1.85 bits per heavy atom. The van der Waals surface area contributed by atoms with Crippen molar-refractivity contribution in [2.75, 3.05) is 18.4 Å². The fraction of sp³-hybridized carbons (Fsp3) is 0.231. The van der Waals surface area contributed by atoms with Crippen LogP contribution in [0.15, 0.2) is 79.4 Å².